The summed E-state index contributed by atoms with van der Waals surface area (Å²) in [5.74, 6) is -0.336. The van der Waals surface area contributed by atoms with Gasteiger partial charge in [0.25, 0.3) is 5.91 Å². The van der Waals surface area contributed by atoms with Crippen molar-refractivity contribution in [2.24, 2.45) is 0 Å². The fourth-order valence-electron chi connectivity index (χ4n) is 3.24. The van der Waals surface area contributed by atoms with Crippen LogP contribution in [0.1, 0.15) is 23.0 Å². The Bertz CT molecular complexity index is 1310. The average Bonchev–Trinajstić information content (AvgIpc) is 3.25. The summed E-state index contributed by atoms with van der Waals surface area (Å²) in [5.41, 5.74) is 1.03. The highest BCUT2D eigenvalue weighted by Crippen LogP contribution is 2.34. The molecule has 0 unspecified atom stereocenters. The molecule has 170 valence electrons. The molecule has 0 aliphatic rings. The minimum Gasteiger partial charge on any atom is -0.348 e. The summed E-state index contributed by atoms with van der Waals surface area (Å²) in [5, 5.41) is 7.31. The zero-order chi connectivity index (χ0) is 23.6. The highest BCUT2D eigenvalue weighted by molar-refractivity contribution is 6.32. The SMILES string of the molecule is O=C(NCc1ccccc1Cl)c1ccc(-c2cc(C(F)(F)F)nn2-c2ccccc2Cl)cc1.[HH]. The van der Waals surface area contributed by atoms with Gasteiger partial charge in [0, 0.05) is 24.1 Å². The average molecular weight is 492 g/mol. The van der Waals surface area contributed by atoms with Gasteiger partial charge in [0.1, 0.15) is 0 Å². The third kappa shape index (κ3) is 5.05. The number of hydrogen-bond acceptors (Lipinski definition) is 2. The van der Waals surface area contributed by atoms with E-state index >= 15 is 0 Å². The Morgan fingerprint density at radius 2 is 1.58 bits per heavy atom. The largest absolute Gasteiger partial charge is 0.435 e. The molecule has 33 heavy (non-hydrogen) atoms. The van der Waals surface area contributed by atoms with Crippen molar-refractivity contribution >= 4 is 29.1 Å². The highest BCUT2D eigenvalue weighted by Gasteiger charge is 2.35. The molecule has 1 heterocycles. The van der Waals surface area contributed by atoms with Crippen molar-refractivity contribution in [2.75, 3.05) is 0 Å². The third-order valence-electron chi connectivity index (χ3n) is 4.92. The molecule has 4 nitrogen and oxygen atoms in total. The second-order valence-corrected chi connectivity index (χ2v) is 7.94. The van der Waals surface area contributed by atoms with E-state index in [0.29, 0.717) is 21.8 Å². The van der Waals surface area contributed by atoms with E-state index in [-0.39, 0.29) is 24.6 Å². The molecule has 0 bridgehead atoms. The van der Waals surface area contributed by atoms with Gasteiger partial charge in [-0.2, -0.15) is 18.3 Å². The van der Waals surface area contributed by atoms with Gasteiger partial charge in [-0.05, 0) is 42.0 Å². The molecule has 4 aromatic rings. The maximum atomic E-state index is 13.4. The Labute approximate surface area is 199 Å². The summed E-state index contributed by atoms with van der Waals surface area (Å²) < 4.78 is 41.2. The van der Waals surface area contributed by atoms with Crippen molar-refractivity contribution in [3.05, 3.63) is 106 Å². The highest BCUT2D eigenvalue weighted by atomic mass is 35.5. The first-order chi connectivity index (χ1) is 15.7. The van der Waals surface area contributed by atoms with Crippen LogP contribution >= 0.6 is 23.2 Å². The monoisotopic (exact) mass is 491 g/mol. The van der Waals surface area contributed by atoms with Crippen LogP contribution in [0.15, 0.2) is 78.9 Å². The molecule has 1 amide bonds. The summed E-state index contributed by atoms with van der Waals surface area (Å²) >= 11 is 12.3. The fraction of sp³-hybridized carbons (Fsp3) is 0.0833. The Morgan fingerprint density at radius 1 is 0.939 bits per heavy atom. The standard InChI is InChI=1S/C24H16Cl2F3N3O.H2/c25-18-6-2-1-5-17(18)14-30-23(33)16-11-9-15(10-12-16)21-13-22(24(27,28)29)31-32(21)20-8-4-3-7-19(20)26;/h1-13H,14H2,(H,30,33);1H. The van der Waals surface area contributed by atoms with Gasteiger partial charge >= 0.3 is 6.18 Å². The lowest BCUT2D eigenvalue weighted by Gasteiger charge is -2.10. The van der Waals surface area contributed by atoms with Gasteiger partial charge in [-0.25, -0.2) is 4.68 Å². The number of carbonyl (C=O) groups is 1. The first kappa shape index (κ1) is 22.9. The summed E-state index contributed by atoms with van der Waals surface area (Å²) in [6.45, 7) is 0.245. The number of halogens is 5. The number of aromatic nitrogens is 2. The van der Waals surface area contributed by atoms with Gasteiger partial charge in [-0.1, -0.05) is 65.7 Å². The number of nitrogens with one attached hydrogen (secondary N) is 1. The minimum atomic E-state index is -4.63. The molecule has 0 atom stereocenters. The van der Waals surface area contributed by atoms with Crippen LogP contribution in [0.5, 0.6) is 0 Å². The molecule has 0 spiro atoms. The molecule has 1 N–H and O–H groups in total. The Morgan fingerprint density at radius 3 is 2.21 bits per heavy atom. The zero-order valence-corrected chi connectivity index (χ0v) is 18.4. The topological polar surface area (TPSA) is 46.9 Å². The van der Waals surface area contributed by atoms with E-state index in [1.165, 1.54) is 12.1 Å². The molecule has 0 fully saturated rings. The lowest BCUT2D eigenvalue weighted by Crippen LogP contribution is -2.22. The van der Waals surface area contributed by atoms with Crippen LogP contribution in [-0.2, 0) is 12.7 Å². The van der Waals surface area contributed by atoms with E-state index in [1.54, 1.807) is 54.6 Å². The lowest BCUT2D eigenvalue weighted by molar-refractivity contribution is -0.141. The van der Waals surface area contributed by atoms with E-state index in [2.05, 4.69) is 10.4 Å². The van der Waals surface area contributed by atoms with Crippen LogP contribution in [0.2, 0.25) is 10.0 Å². The molecule has 0 saturated carbocycles. The number of rotatable bonds is 5. The predicted octanol–water partition coefficient (Wildman–Crippen LogP) is 7.04. The van der Waals surface area contributed by atoms with Crippen LogP contribution in [0.25, 0.3) is 16.9 Å². The first-order valence-electron chi connectivity index (χ1n) is 9.78. The third-order valence-corrected chi connectivity index (χ3v) is 5.61. The quantitative estimate of drug-likeness (QED) is 0.325. The van der Waals surface area contributed by atoms with Crippen molar-refractivity contribution in [2.45, 2.75) is 12.7 Å². The van der Waals surface area contributed by atoms with Crippen LogP contribution in [-0.4, -0.2) is 15.7 Å². The molecule has 3 aromatic carbocycles. The molecule has 0 aliphatic heterocycles. The number of carbonyl (C=O) groups excluding carboxylic acids is 1. The molecular weight excluding hydrogens is 474 g/mol. The molecule has 1 aromatic heterocycles. The Balaban J connectivity index is 0.00000324. The number of hydrogen-bond donors (Lipinski definition) is 1. The number of nitrogens with zero attached hydrogens (tertiary/aromatic N) is 2. The van der Waals surface area contributed by atoms with Gasteiger partial charge < -0.3 is 5.32 Å². The van der Waals surface area contributed by atoms with Gasteiger partial charge in [-0.3, -0.25) is 4.79 Å². The van der Waals surface area contributed by atoms with Gasteiger partial charge in [0.2, 0.25) is 0 Å². The van der Waals surface area contributed by atoms with Crippen LogP contribution in [0.4, 0.5) is 13.2 Å². The second kappa shape index (κ2) is 9.29. The lowest BCUT2D eigenvalue weighted by atomic mass is 10.1. The van der Waals surface area contributed by atoms with Crippen LogP contribution < -0.4 is 5.32 Å². The van der Waals surface area contributed by atoms with Crippen molar-refractivity contribution in [3.8, 4) is 16.9 Å². The number of alkyl halides is 3. The van der Waals surface area contributed by atoms with Gasteiger partial charge in [0.15, 0.2) is 5.69 Å². The van der Waals surface area contributed by atoms with Crippen LogP contribution in [0.3, 0.4) is 0 Å². The number of para-hydroxylation sites is 1. The van der Waals surface area contributed by atoms with E-state index in [9.17, 15) is 18.0 Å². The molecule has 0 radical (unpaired) electrons. The van der Waals surface area contributed by atoms with Gasteiger partial charge in [0.05, 0.1) is 16.4 Å². The molecule has 0 saturated heterocycles. The van der Waals surface area contributed by atoms with E-state index in [0.717, 1.165) is 16.3 Å². The fourth-order valence-corrected chi connectivity index (χ4v) is 3.66. The first-order valence-corrected chi connectivity index (χ1v) is 10.5. The van der Waals surface area contributed by atoms with E-state index in [1.807, 2.05) is 6.07 Å². The Kier molecular flexibility index (Phi) is 6.44. The maximum absolute atomic E-state index is 13.4. The Hall–Kier alpha value is -3.29. The van der Waals surface area contributed by atoms with Crippen LogP contribution in [0, 0.1) is 0 Å². The van der Waals surface area contributed by atoms with Crippen molar-refractivity contribution in [1.82, 2.24) is 15.1 Å². The molecule has 4 rings (SSSR count). The maximum Gasteiger partial charge on any atom is 0.435 e. The molecule has 0 aliphatic carbocycles. The molecule has 9 heteroatoms. The minimum absolute atomic E-state index is 0. The van der Waals surface area contributed by atoms with E-state index < -0.39 is 11.9 Å². The smallest absolute Gasteiger partial charge is 0.348 e. The van der Waals surface area contributed by atoms with Crippen molar-refractivity contribution in [3.63, 3.8) is 0 Å². The zero-order valence-electron chi connectivity index (χ0n) is 16.9. The summed E-state index contributed by atoms with van der Waals surface area (Å²) in [7, 11) is 0. The number of amides is 1. The summed E-state index contributed by atoms with van der Waals surface area (Å²) in [6, 6.07) is 20.8. The summed E-state index contributed by atoms with van der Waals surface area (Å²) in [4.78, 5) is 12.5. The summed E-state index contributed by atoms with van der Waals surface area (Å²) in [6.07, 6.45) is -4.63. The molecular formula is C24H18Cl2F3N3O. The number of benzene rings is 3. The van der Waals surface area contributed by atoms with Gasteiger partial charge in [-0.15, -0.1) is 0 Å². The van der Waals surface area contributed by atoms with Crippen molar-refractivity contribution < 1.29 is 19.4 Å². The van der Waals surface area contributed by atoms with E-state index in [4.69, 9.17) is 23.2 Å². The predicted molar refractivity (Wildman–Crippen MR) is 124 cm³/mol. The second-order valence-electron chi connectivity index (χ2n) is 7.13. The normalized spacial score (nSPS) is 11.4. The van der Waals surface area contributed by atoms with Crippen molar-refractivity contribution in [1.29, 1.82) is 0 Å².